The molecule has 0 spiro atoms. The predicted octanol–water partition coefficient (Wildman–Crippen LogP) is 6.27. The number of fused-ring (bicyclic) bond motifs is 1. The zero-order valence-electron chi connectivity index (χ0n) is 26.6. The Morgan fingerprint density at radius 3 is 2.49 bits per heavy atom. The number of hydrogen-bond acceptors (Lipinski definition) is 8. The maximum Gasteiger partial charge on any atom is 0.247 e. The van der Waals surface area contributed by atoms with E-state index in [0.717, 1.165) is 47.4 Å². The van der Waals surface area contributed by atoms with E-state index < -0.39 is 0 Å². The molecule has 4 rings (SSSR count). The quantitative estimate of drug-likeness (QED) is 0.167. The number of aryl methyl sites for hydroxylation is 1. The third kappa shape index (κ3) is 7.78. The van der Waals surface area contributed by atoms with E-state index in [2.05, 4.69) is 62.3 Å². The van der Waals surface area contributed by atoms with Crippen LogP contribution < -0.4 is 20.3 Å². The van der Waals surface area contributed by atoms with Crippen LogP contribution in [0.1, 0.15) is 44.5 Å². The maximum atomic E-state index is 12.4. The molecule has 0 aliphatic rings. The molecule has 4 aromatic rings. The smallest absolute Gasteiger partial charge is 0.247 e. The Morgan fingerprint density at radius 2 is 1.84 bits per heavy atom. The Morgan fingerprint density at radius 1 is 1.09 bits per heavy atom. The van der Waals surface area contributed by atoms with Crippen LogP contribution in [0, 0.1) is 0 Å². The molecule has 10 nitrogen and oxygen atoms in total. The Labute approximate surface area is 254 Å². The first kappa shape index (κ1) is 32.8. The van der Waals surface area contributed by atoms with E-state index in [1.165, 1.54) is 11.6 Å². The van der Waals surface area contributed by atoms with Crippen molar-refractivity contribution in [3.8, 4) is 5.75 Å². The minimum Gasteiger partial charge on any atom is -0.494 e. The van der Waals surface area contributed by atoms with Crippen molar-refractivity contribution in [2.24, 2.45) is 0 Å². The van der Waals surface area contributed by atoms with E-state index in [4.69, 9.17) is 14.7 Å². The lowest BCUT2D eigenvalue weighted by Gasteiger charge is -2.26. The molecule has 2 aromatic heterocycles. The average molecular weight is 585 g/mol. The summed E-state index contributed by atoms with van der Waals surface area (Å²) in [5, 5.41) is 14.3. The SMILES string of the molecule is C=CC(=O)Nc1cc(Nc2nc(/C(=C/C)c3ccccc3CC)c3cn[nH]c3n2)c(OC)cc1N(C)CCN(C)C.CC. The van der Waals surface area contributed by atoms with Crippen molar-refractivity contribution in [2.75, 3.05) is 56.9 Å². The normalized spacial score (nSPS) is 11.1. The highest BCUT2D eigenvalue weighted by atomic mass is 16.5. The van der Waals surface area contributed by atoms with Crippen LogP contribution in [0.25, 0.3) is 16.6 Å². The summed E-state index contributed by atoms with van der Waals surface area (Å²) in [6.07, 6.45) is 5.95. The van der Waals surface area contributed by atoms with Crippen LogP contribution in [0.4, 0.5) is 23.0 Å². The highest BCUT2D eigenvalue weighted by molar-refractivity contribution is 6.02. The van der Waals surface area contributed by atoms with Gasteiger partial charge in [-0.1, -0.05) is 57.7 Å². The van der Waals surface area contributed by atoms with Crippen molar-refractivity contribution in [3.05, 3.63) is 78.1 Å². The summed E-state index contributed by atoms with van der Waals surface area (Å²) < 4.78 is 5.77. The molecule has 0 atom stereocenters. The Bertz CT molecular complexity index is 1570. The van der Waals surface area contributed by atoms with E-state index in [-0.39, 0.29) is 5.91 Å². The molecule has 2 heterocycles. The first-order valence-electron chi connectivity index (χ1n) is 14.5. The predicted molar refractivity (Wildman–Crippen MR) is 179 cm³/mol. The molecule has 0 fully saturated rings. The first-order valence-corrected chi connectivity index (χ1v) is 14.5. The Kier molecular flexibility index (Phi) is 11.8. The zero-order valence-corrected chi connectivity index (χ0v) is 26.6. The summed E-state index contributed by atoms with van der Waals surface area (Å²) in [7, 11) is 7.62. The third-order valence-corrected chi connectivity index (χ3v) is 6.84. The van der Waals surface area contributed by atoms with Crippen molar-refractivity contribution < 1.29 is 9.53 Å². The summed E-state index contributed by atoms with van der Waals surface area (Å²) in [5.74, 6) is 0.622. The van der Waals surface area contributed by atoms with Gasteiger partial charge in [0.15, 0.2) is 5.65 Å². The number of carbonyl (C=O) groups is 1. The molecule has 0 saturated heterocycles. The van der Waals surface area contributed by atoms with Gasteiger partial charge in [-0.25, -0.2) is 4.98 Å². The number of benzene rings is 2. The molecule has 0 aliphatic heterocycles. The number of hydrogen-bond donors (Lipinski definition) is 3. The molecular weight excluding hydrogens is 540 g/mol. The number of allylic oxidation sites excluding steroid dienone is 1. The Balaban J connectivity index is 0.00000248. The van der Waals surface area contributed by atoms with Gasteiger partial charge >= 0.3 is 0 Å². The van der Waals surface area contributed by atoms with Gasteiger partial charge in [-0.3, -0.25) is 9.89 Å². The van der Waals surface area contributed by atoms with Gasteiger partial charge in [0.2, 0.25) is 11.9 Å². The average Bonchev–Trinajstić information content (AvgIpc) is 3.50. The van der Waals surface area contributed by atoms with Crippen molar-refractivity contribution in [1.82, 2.24) is 25.1 Å². The fourth-order valence-corrected chi connectivity index (χ4v) is 4.63. The minimum atomic E-state index is -0.312. The van der Waals surface area contributed by atoms with Crippen molar-refractivity contribution in [1.29, 1.82) is 0 Å². The molecule has 43 heavy (non-hydrogen) atoms. The number of anilines is 4. The summed E-state index contributed by atoms with van der Waals surface area (Å²) in [6.45, 7) is 13.3. The summed E-state index contributed by atoms with van der Waals surface area (Å²) in [5.41, 5.74) is 6.69. The number of likely N-dealkylation sites (N-methyl/N-ethyl adjacent to an activating group) is 2. The number of nitrogens with one attached hydrogen (secondary N) is 3. The highest BCUT2D eigenvalue weighted by Crippen LogP contribution is 2.38. The van der Waals surface area contributed by atoms with Crippen molar-refractivity contribution >= 4 is 45.5 Å². The number of rotatable bonds is 12. The van der Waals surface area contributed by atoms with Gasteiger partial charge in [-0.15, -0.1) is 0 Å². The number of methoxy groups -OCH3 is 1. The molecule has 1 amide bonds. The first-order chi connectivity index (χ1) is 20.8. The van der Waals surface area contributed by atoms with Crippen LogP contribution in [0.5, 0.6) is 5.75 Å². The van der Waals surface area contributed by atoms with Gasteiger partial charge in [0.25, 0.3) is 0 Å². The number of H-pyrrole nitrogens is 1. The number of amides is 1. The fraction of sp³-hybridized carbons (Fsp3) is 0.333. The van der Waals surface area contributed by atoms with Crippen LogP contribution in [-0.2, 0) is 11.2 Å². The van der Waals surface area contributed by atoms with Gasteiger partial charge in [0.1, 0.15) is 5.75 Å². The van der Waals surface area contributed by atoms with E-state index in [1.54, 1.807) is 13.3 Å². The number of ether oxygens (including phenoxy) is 1. The lowest BCUT2D eigenvalue weighted by Crippen LogP contribution is -2.29. The van der Waals surface area contributed by atoms with Gasteiger partial charge in [-0.2, -0.15) is 10.1 Å². The molecule has 0 saturated carbocycles. The zero-order chi connectivity index (χ0) is 31.5. The lowest BCUT2D eigenvalue weighted by atomic mass is 9.94. The summed E-state index contributed by atoms with van der Waals surface area (Å²) >= 11 is 0. The largest absolute Gasteiger partial charge is 0.494 e. The van der Waals surface area contributed by atoms with Gasteiger partial charge in [-0.05, 0) is 50.7 Å². The van der Waals surface area contributed by atoms with Gasteiger partial charge in [0, 0.05) is 31.8 Å². The molecule has 2 aromatic carbocycles. The number of aromatic amines is 1. The van der Waals surface area contributed by atoms with Crippen LogP contribution in [0.2, 0.25) is 0 Å². The van der Waals surface area contributed by atoms with E-state index in [1.807, 2.05) is 66.2 Å². The molecule has 3 N–H and O–H groups in total. The highest BCUT2D eigenvalue weighted by Gasteiger charge is 2.19. The van der Waals surface area contributed by atoms with Crippen LogP contribution in [0.15, 0.2) is 61.3 Å². The third-order valence-electron chi connectivity index (χ3n) is 6.84. The van der Waals surface area contributed by atoms with Gasteiger partial charge in [0.05, 0.1) is 41.4 Å². The lowest BCUT2D eigenvalue weighted by molar-refractivity contribution is -0.111. The summed E-state index contributed by atoms with van der Waals surface area (Å²) in [6, 6.07) is 12.0. The summed E-state index contributed by atoms with van der Waals surface area (Å²) in [4.78, 5) is 26.2. The van der Waals surface area contributed by atoms with Crippen LogP contribution >= 0.6 is 0 Å². The minimum absolute atomic E-state index is 0.312. The van der Waals surface area contributed by atoms with E-state index in [9.17, 15) is 4.79 Å². The molecule has 0 bridgehead atoms. The standard InChI is InChI=1S/C31H38N8O2.C2H6/c1-8-20-13-11-12-14-22(20)21(9-2)29-23-19-32-37-30(23)36-31(35-29)34-25-17-24(33-28(40)10-3)26(18-27(25)41-7)39(6)16-15-38(4)5;1-2/h9-14,17-19H,3,8,15-16H2,1-2,4-7H3,(H,33,40)(H2,32,34,35,36,37);1-2H3/b21-9+;. The van der Waals surface area contributed by atoms with E-state index in [0.29, 0.717) is 28.7 Å². The second-order valence-corrected chi connectivity index (χ2v) is 9.85. The van der Waals surface area contributed by atoms with Crippen LogP contribution in [-0.4, -0.2) is 72.3 Å². The second kappa shape index (κ2) is 15.5. The fourth-order valence-electron chi connectivity index (χ4n) is 4.63. The second-order valence-electron chi connectivity index (χ2n) is 9.85. The Hall–Kier alpha value is -4.70. The number of aromatic nitrogens is 4. The maximum absolute atomic E-state index is 12.4. The molecule has 228 valence electrons. The number of carbonyl (C=O) groups excluding carboxylic acids is 1. The van der Waals surface area contributed by atoms with Crippen molar-refractivity contribution in [3.63, 3.8) is 0 Å². The monoisotopic (exact) mass is 584 g/mol. The molecule has 0 aliphatic carbocycles. The van der Waals surface area contributed by atoms with Gasteiger partial charge < -0.3 is 25.2 Å². The van der Waals surface area contributed by atoms with Crippen LogP contribution in [0.3, 0.4) is 0 Å². The topological polar surface area (TPSA) is 111 Å². The molecule has 10 heteroatoms. The molecular formula is C33H44N8O2. The molecule has 0 unspecified atom stereocenters. The number of nitrogens with zero attached hydrogens (tertiary/aromatic N) is 5. The van der Waals surface area contributed by atoms with E-state index >= 15 is 0 Å². The van der Waals surface area contributed by atoms with Crippen molar-refractivity contribution in [2.45, 2.75) is 34.1 Å². The molecule has 0 radical (unpaired) electrons.